The Morgan fingerprint density at radius 3 is 2.42 bits per heavy atom. The van der Waals surface area contributed by atoms with Crippen LogP contribution in [-0.2, 0) is 0 Å². The Morgan fingerprint density at radius 2 is 1.84 bits per heavy atom. The first-order chi connectivity index (χ1) is 8.99. The van der Waals surface area contributed by atoms with Gasteiger partial charge in [-0.2, -0.15) is 0 Å². The van der Waals surface area contributed by atoms with Crippen molar-refractivity contribution in [3.63, 3.8) is 0 Å². The van der Waals surface area contributed by atoms with Crippen molar-refractivity contribution in [3.8, 4) is 0 Å². The molecule has 0 saturated carbocycles. The van der Waals surface area contributed by atoms with Crippen LogP contribution in [0.1, 0.15) is 21.7 Å². The topological polar surface area (TPSA) is 66.3 Å². The first-order valence-electron chi connectivity index (χ1n) is 5.86. The van der Waals surface area contributed by atoms with Gasteiger partial charge in [0.05, 0.1) is 17.0 Å². The molecule has 98 valence electrons. The molecule has 0 radical (unpaired) electrons. The van der Waals surface area contributed by atoms with Crippen LogP contribution in [-0.4, -0.2) is 28.1 Å². The largest absolute Gasteiger partial charge is 0.478 e. The lowest BCUT2D eigenvalue weighted by atomic mass is 10.2. The molecule has 1 heterocycles. The average molecular weight is 257 g/mol. The molecule has 0 spiro atoms. The number of carboxylic acids is 1. The number of benzene rings is 1. The molecule has 0 bridgehead atoms. The van der Waals surface area contributed by atoms with E-state index >= 15 is 0 Å². The molecule has 0 amide bonds. The van der Waals surface area contributed by atoms with Crippen molar-refractivity contribution in [1.82, 2.24) is 9.97 Å². The highest BCUT2D eigenvalue weighted by Crippen LogP contribution is 2.24. The summed E-state index contributed by atoms with van der Waals surface area (Å²) >= 11 is 0. The number of aromatic carboxylic acids is 1. The second-order valence-corrected chi connectivity index (χ2v) is 4.33. The summed E-state index contributed by atoms with van der Waals surface area (Å²) in [7, 11) is 1.88. The van der Waals surface area contributed by atoms with Crippen LogP contribution in [0.5, 0.6) is 0 Å². The fourth-order valence-electron chi connectivity index (χ4n) is 1.79. The minimum absolute atomic E-state index is 0.268. The second kappa shape index (κ2) is 5.06. The number of hydrogen-bond acceptors (Lipinski definition) is 4. The van der Waals surface area contributed by atoms with Crippen LogP contribution in [0.4, 0.5) is 11.5 Å². The van der Waals surface area contributed by atoms with Crippen LogP contribution in [0.3, 0.4) is 0 Å². The van der Waals surface area contributed by atoms with Crippen molar-refractivity contribution in [2.45, 2.75) is 13.8 Å². The van der Waals surface area contributed by atoms with Gasteiger partial charge in [0.1, 0.15) is 0 Å². The minimum Gasteiger partial charge on any atom is -0.478 e. The lowest BCUT2D eigenvalue weighted by Crippen LogP contribution is -2.14. The Hall–Kier alpha value is -2.43. The zero-order valence-electron chi connectivity index (χ0n) is 11.1. The molecule has 5 heteroatoms. The Morgan fingerprint density at radius 1 is 1.21 bits per heavy atom. The summed E-state index contributed by atoms with van der Waals surface area (Å²) in [5.74, 6) is -0.163. The molecule has 1 N–H and O–H groups in total. The highest BCUT2D eigenvalue weighted by atomic mass is 16.4. The Bertz CT molecular complexity index is 609. The Labute approximate surface area is 111 Å². The normalized spacial score (nSPS) is 10.3. The Balaban J connectivity index is 2.35. The van der Waals surface area contributed by atoms with Crippen molar-refractivity contribution in [1.29, 1.82) is 0 Å². The maximum absolute atomic E-state index is 10.8. The van der Waals surface area contributed by atoms with Gasteiger partial charge in [-0.15, -0.1) is 0 Å². The minimum atomic E-state index is -0.930. The summed E-state index contributed by atoms with van der Waals surface area (Å²) < 4.78 is 0. The van der Waals surface area contributed by atoms with Crippen molar-refractivity contribution >= 4 is 17.5 Å². The van der Waals surface area contributed by atoms with Gasteiger partial charge in [-0.25, -0.2) is 9.78 Å². The number of aromatic nitrogens is 2. The third-order valence-electron chi connectivity index (χ3n) is 2.87. The van der Waals surface area contributed by atoms with E-state index in [0.717, 1.165) is 22.9 Å². The number of nitrogens with zero attached hydrogens (tertiary/aromatic N) is 3. The van der Waals surface area contributed by atoms with Gasteiger partial charge in [-0.05, 0) is 38.1 Å². The van der Waals surface area contributed by atoms with E-state index in [1.807, 2.05) is 25.8 Å². The van der Waals surface area contributed by atoms with E-state index in [9.17, 15) is 4.79 Å². The smallest absolute Gasteiger partial charge is 0.335 e. The van der Waals surface area contributed by atoms with Gasteiger partial charge in [0, 0.05) is 18.9 Å². The molecule has 0 aliphatic rings. The molecule has 1 aromatic carbocycles. The first kappa shape index (κ1) is 13.0. The van der Waals surface area contributed by atoms with E-state index < -0.39 is 5.97 Å². The summed E-state index contributed by atoms with van der Waals surface area (Å²) in [5, 5.41) is 8.88. The quantitative estimate of drug-likeness (QED) is 0.915. The van der Waals surface area contributed by atoms with E-state index in [0.29, 0.717) is 0 Å². The maximum atomic E-state index is 10.8. The fourth-order valence-corrected chi connectivity index (χ4v) is 1.79. The van der Waals surface area contributed by atoms with Crippen molar-refractivity contribution in [2.24, 2.45) is 0 Å². The predicted molar refractivity (Wildman–Crippen MR) is 73.0 cm³/mol. The molecule has 0 fully saturated rings. The van der Waals surface area contributed by atoms with Crippen molar-refractivity contribution < 1.29 is 9.90 Å². The van der Waals surface area contributed by atoms with E-state index in [4.69, 9.17) is 5.11 Å². The number of anilines is 2. The second-order valence-electron chi connectivity index (χ2n) is 4.33. The zero-order valence-corrected chi connectivity index (χ0v) is 11.1. The van der Waals surface area contributed by atoms with E-state index in [2.05, 4.69) is 9.97 Å². The molecule has 5 nitrogen and oxygen atoms in total. The molecule has 0 atom stereocenters. The van der Waals surface area contributed by atoms with Crippen LogP contribution < -0.4 is 4.90 Å². The van der Waals surface area contributed by atoms with Crippen LogP contribution >= 0.6 is 0 Å². The number of aryl methyl sites for hydroxylation is 2. The molecule has 0 aliphatic heterocycles. The van der Waals surface area contributed by atoms with Crippen LogP contribution in [0, 0.1) is 13.8 Å². The maximum Gasteiger partial charge on any atom is 0.335 e. The number of rotatable bonds is 3. The lowest BCUT2D eigenvalue weighted by molar-refractivity contribution is 0.0697. The number of carbonyl (C=O) groups is 1. The van der Waals surface area contributed by atoms with Gasteiger partial charge in [-0.1, -0.05) is 0 Å². The van der Waals surface area contributed by atoms with Crippen molar-refractivity contribution in [3.05, 3.63) is 47.4 Å². The van der Waals surface area contributed by atoms with Crippen LogP contribution in [0.2, 0.25) is 0 Å². The molecule has 1 aromatic heterocycles. The molecule has 0 unspecified atom stereocenters. The van der Waals surface area contributed by atoms with Gasteiger partial charge < -0.3 is 10.0 Å². The number of carboxylic acid groups (broad SMARTS) is 1. The van der Waals surface area contributed by atoms with Crippen LogP contribution in [0.25, 0.3) is 0 Å². The molecular weight excluding hydrogens is 242 g/mol. The van der Waals surface area contributed by atoms with Gasteiger partial charge in [0.25, 0.3) is 0 Å². The van der Waals surface area contributed by atoms with Gasteiger partial charge in [-0.3, -0.25) is 4.98 Å². The number of hydrogen-bond donors (Lipinski definition) is 1. The third kappa shape index (κ3) is 2.70. The fraction of sp³-hybridized carbons (Fsp3) is 0.214. The lowest BCUT2D eigenvalue weighted by Gasteiger charge is -2.20. The third-order valence-corrected chi connectivity index (χ3v) is 2.87. The zero-order chi connectivity index (χ0) is 14.0. The first-order valence-corrected chi connectivity index (χ1v) is 5.86. The molecule has 2 aromatic rings. The summed E-state index contributed by atoms with van der Waals surface area (Å²) in [6.07, 6.45) is 1.72. The molecule has 2 rings (SSSR count). The molecule has 0 saturated heterocycles. The standard InChI is InChI=1S/C14H15N3O2/c1-9-8-15-10(2)13(16-9)17(3)12-6-4-11(5-7-12)14(18)19/h4-8H,1-3H3,(H,18,19). The van der Waals surface area contributed by atoms with E-state index in [-0.39, 0.29) is 5.56 Å². The molecular formula is C14H15N3O2. The SMILES string of the molecule is Cc1cnc(C)c(N(C)c2ccc(C(=O)O)cc2)n1. The summed E-state index contributed by atoms with van der Waals surface area (Å²) in [5.41, 5.74) is 2.81. The van der Waals surface area contributed by atoms with E-state index in [1.54, 1.807) is 30.5 Å². The summed E-state index contributed by atoms with van der Waals surface area (Å²) in [4.78, 5) is 21.4. The van der Waals surface area contributed by atoms with Crippen molar-refractivity contribution in [2.75, 3.05) is 11.9 Å². The Kier molecular flexibility index (Phi) is 3.46. The van der Waals surface area contributed by atoms with Crippen LogP contribution in [0.15, 0.2) is 30.5 Å². The molecule has 19 heavy (non-hydrogen) atoms. The van der Waals surface area contributed by atoms with Gasteiger partial charge in [0.2, 0.25) is 0 Å². The predicted octanol–water partition coefficient (Wildman–Crippen LogP) is 2.56. The molecule has 0 aliphatic carbocycles. The highest BCUT2D eigenvalue weighted by Gasteiger charge is 2.11. The average Bonchev–Trinajstić information content (AvgIpc) is 2.41. The summed E-state index contributed by atoms with van der Waals surface area (Å²) in [6.45, 7) is 3.78. The van der Waals surface area contributed by atoms with Gasteiger partial charge >= 0.3 is 5.97 Å². The van der Waals surface area contributed by atoms with Gasteiger partial charge in [0.15, 0.2) is 5.82 Å². The van der Waals surface area contributed by atoms with E-state index in [1.165, 1.54) is 0 Å². The monoisotopic (exact) mass is 257 g/mol. The summed E-state index contributed by atoms with van der Waals surface area (Å²) in [6, 6.07) is 6.67. The highest BCUT2D eigenvalue weighted by molar-refractivity contribution is 5.88.